The van der Waals surface area contributed by atoms with Crippen LogP contribution in [0.4, 0.5) is 0 Å². The first-order valence-corrected chi connectivity index (χ1v) is 4.36. The third-order valence-electron chi connectivity index (χ3n) is 1.72. The van der Waals surface area contributed by atoms with Gasteiger partial charge >= 0.3 is 5.97 Å². The Kier molecular flexibility index (Phi) is 3.42. The molecule has 0 spiro atoms. The standard InChI is InChI=1S/C8H13N3O2/c1-2-3-4-5-11-6-9-7(10-11)8(12)13/h6H,2-5H2,1H3,(H,12,13). The third-order valence-corrected chi connectivity index (χ3v) is 1.72. The zero-order valence-corrected chi connectivity index (χ0v) is 7.60. The van der Waals surface area contributed by atoms with Crippen LogP contribution in [0.3, 0.4) is 0 Å². The Bertz CT molecular complexity index is 283. The van der Waals surface area contributed by atoms with Crippen LogP contribution >= 0.6 is 0 Å². The quantitative estimate of drug-likeness (QED) is 0.695. The number of carboxylic acids is 1. The van der Waals surface area contributed by atoms with Crippen molar-refractivity contribution in [2.75, 3.05) is 0 Å². The first-order valence-electron chi connectivity index (χ1n) is 4.36. The molecule has 1 aromatic rings. The first-order chi connectivity index (χ1) is 6.24. The summed E-state index contributed by atoms with van der Waals surface area (Å²) in [4.78, 5) is 14.1. The van der Waals surface area contributed by atoms with Crippen molar-refractivity contribution in [2.45, 2.75) is 32.7 Å². The Morgan fingerprint density at radius 3 is 2.92 bits per heavy atom. The molecule has 0 amide bonds. The lowest BCUT2D eigenvalue weighted by Gasteiger charge is -1.97. The molecule has 13 heavy (non-hydrogen) atoms. The van der Waals surface area contributed by atoms with Crippen molar-refractivity contribution in [3.63, 3.8) is 0 Å². The number of aromatic carboxylic acids is 1. The van der Waals surface area contributed by atoms with E-state index in [0.717, 1.165) is 25.8 Å². The van der Waals surface area contributed by atoms with Crippen LogP contribution in [0.1, 0.15) is 36.8 Å². The highest BCUT2D eigenvalue weighted by Gasteiger charge is 2.07. The van der Waals surface area contributed by atoms with Gasteiger partial charge in [0.2, 0.25) is 0 Å². The van der Waals surface area contributed by atoms with Crippen LogP contribution in [0, 0.1) is 0 Å². The van der Waals surface area contributed by atoms with E-state index in [1.165, 1.54) is 6.33 Å². The lowest BCUT2D eigenvalue weighted by Crippen LogP contribution is -2.03. The zero-order chi connectivity index (χ0) is 9.68. The molecule has 0 fully saturated rings. The summed E-state index contributed by atoms with van der Waals surface area (Å²) >= 11 is 0. The van der Waals surface area contributed by atoms with Crippen molar-refractivity contribution in [3.8, 4) is 0 Å². The molecule has 1 heterocycles. The van der Waals surface area contributed by atoms with Crippen molar-refractivity contribution < 1.29 is 9.90 Å². The predicted molar refractivity (Wildman–Crippen MR) is 46.5 cm³/mol. The van der Waals surface area contributed by atoms with Gasteiger partial charge in [0.15, 0.2) is 0 Å². The summed E-state index contributed by atoms with van der Waals surface area (Å²) in [5, 5.41) is 12.3. The van der Waals surface area contributed by atoms with Gasteiger partial charge in [-0.05, 0) is 6.42 Å². The lowest BCUT2D eigenvalue weighted by atomic mass is 10.2. The van der Waals surface area contributed by atoms with Crippen molar-refractivity contribution >= 4 is 5.97 Å². The summed E-state index contributed by atoms with van der Waals surface area (Å²) in [7, 11) is 0. The van der Waals surface area contributed by atoms with Gasteiger partial charge < -0.3 is 5.11 Å². The smallest absolute Gasteiger partial charge is 0.375 e. The van der Waals surface area contributed by atoms with E-state index in [0.29, 0.717) is 0 Å². The first kappa shape index (κ1) is 9.70. The van der Waals surface area contributed by atoms with Crippen LogP contribution in [0.15, 0.2) is 6.33 Å². The fourth-order valence-corrected chi connectivity index (χ4v) is 1.02. The minimum atomic E-state index is -1.07. The average Bonchev–Trinajstić information content (AvgIpc) is 2.53. The summed E-state index contributed by atoms with van der Waals surface area (Å²) in [5.41, 5.74) is 0. The average molecular weight is 183 g/mol. The number of rotatable bonds is 5. The van der Waals surface area contributed by atoms with E-state index in [1.807, 2.05) is 0 Å². The van der Waals surface area contributed by atoms with E-state index < -0.39 is 5.97 Å². The molecular weight excluding hydrogens is 170 g/mol. The maximum absolute atomic E-state index is 10.4. The topological polar surface area (TPSA) is 68.0 Å². The molecule has 0 atom stereocenters. The Morgan fingerprint density at radius 2 is 2.38 bits per heavy atom. The fraction of sp³-hybridized carbons (Fsp3) is 0.625. The molecule has 0 saturated carbocycles. The van der Waals surface area contributed by atoms with Crippen molar-refractivity contribution in [3.05, 3.63) is 12.2 Å². The van der Waals surface area contributed by atoms with Crippen LogP contribution in [-0.4, -0.2) is 25.8 Å². The van der Waals surface area contributed by atoms with Gasteiger partial charge in [0.05, 0.1) is 0 Å². The molecule has 5 nitrogen and oxygen atoms in total. The number of carbonyl (C=O) groups is 1. The molecule has 0 saturated heterocycles. The van der Waals surface area contributed by atoms with Gasteiger partial charge in [-0.2, -0.15) is 0 Å². The van der Waals surface area contributed by atoms with Gasteiger partial charge in [0.25, 0.3) is 5.82 Å². The number of aryl methyl sites for hydroxylation is 1. The monoisotopic (exact) mass is 183 g/mol. The highest BCUT2D eigenvalue weighted by molar-refractivity contribution is 5.82. The summed E-state index contributed by atoms with van der Waals surface area (Å²) in [6.07, 6.45) is 4.74. The summed E-state index contributed by atoms with van der Waals surface area (Å²) in [5.74, 6) is -1.20. The minimum absolute atomic E-state index is 0.128. The molecule has 72 valence electrons. The molecule has 0 aliphatic heterocycles. The summed E-state index contributed by atoms with van der Waals surface area (Å²) < 4.78 is 1.57. The second-order valence-corrected chi connectivity index (χ2v) is 2.84. The summed E-state index contributed by atoms with van der Waals surface area (Å²) in [6, 6.07) is 0. The van der Waals surface area contributed by atoms with Crippen molar-refractivity contribution in [2.24, 2.45) is 0 Å². The maximum Gasteiger partial charge on any atom is 0.375 e. The molecule has 1 rings (SSSR count). The molecule has 1 aromatic heterocycles. The van der Waals surface area contributed by atoms with E-state index in [4.69, 9.17) is 5.11 Å². The molecule has 1 N–H and O–H groups in total. The molecule has 0 aliphatic rings. The largest absolute Gasteiger partial charge is 0.475 e. The van der Waals surface area contributed by atoms with Crippen LogP contribution in [-0.2, 0) is 6.54 Å². The van der Waals surface area contributed by atoms with E-state index in [2.05, 4.69) is 17.0 Å². The van der Waals surface area contributed by atoms with E-state index in [9.17, 15) is 4.79 Å². The number of hydrogen-bond acceptors (Lipinski definition) is 3. The molecule has 0 aliphatic carbocycles. The second-order valence-electron chi connectivity index (χ2n) is 2.84. The fourth-order valence-electron chi connectivity index (χ4n) is 1.02. The molecular formula is C8H13N3O2. The van der Waals surface area contributed by atoms with Gasteiger partial charge in [0, 0.05) is 6.54 Å². The molecule has 0 radical (unpaired) electrons. The lowest BCUT2D eigenvalue weighted by molar-refractivity contribution is 0.0683. The Labute approximate surface area is 76.4 Å². The van der Waals surface area contributed by atoms with Gasteiger partial charge in [0.1, 0.15) is 6.33 Å². The van der Waals surface area contributed by atoms with Gasteiger partial charge in [-0.3, -0.25) is 4.68 Å². The van der Waals surface area contributed by atoms with Crippen LogP contribution in [0.25, 0.3) is 0 Å². The van der Waals surface area contributed by atoms with E-state index in [1.54, 1.807) is 4.68 Å². The van der Waals surface area contributed by atoms with Crippen LogP contribution in [0.2, 0.25) is 0 Å². The van der Waals surface area contributed by atoms with Gasteiger partial charge in [-0.25, -0.2) is 9.78 Å². The van der Waals surface area contributed by atoms with Gasteiger partial charge in [-0.15, -0.1) is 5.10 Å². The number of nitrogens with zero attached hydrogens (tertiary/aromatic N) is 3. The second kappa shape index (κ2) is 4.59. The molecule has 0 aromatic carbocycles. The van der Waals surface area contributed by atoms with E-state index >= 15 is 0 Å². The number of aromatic nitrogens is 3. The Balaban J connectivity index is 2.44. The highest BCUT2D eigenvalue weighted by Crippen LogP contribution is 1.97. The van der Waals surface area contributed by atoms with E-state index in [-0.39, 0.29) is 5.82 Å². The van der Waals surface area contributed by atoms with Crippen LogP contribution in [0.5, 0.6) is 0 Å². The normalized spacial score (nSPS) is 10.2. The van der Waals surface area contributed by atoms with Crippen molar-refractivity contribution in [1.29, 1.82) is 0 Å². The van der Waals surface area contributed by atoms with Crippen molar-refractivity contribution in [1.82, 2.24) is 14.8 Å². The molecule has 5 heteroatoms. The zero-order valence-electron chi connectivity index (χ0n) is 7.60. The van der Waals surface area contributed by atoms with Gasteiger partial charge in [-0.1, -0.05) is 19.8 Å². The van der Waals surface area contributed by atoms with Crippen LogP contribution < -0.4 is 0 Å². The SMILES string of the molecule is CCCCCn1cnc(C(=O)O)n1. The predicted octanol–water partition coefficient (Wildman–Crippen LogP) is 1.17. The number of unbranched alkanes of at least 4 members (excludes halogenated alkanes) is 2. The maximum atomic E-state index is 10.4. The third kappa shape index (κ3) is 2.85. The summed E-state index contributed by atoms with van der Waals surface area (Å²) in [6.45, 7) is 2.86. The molecule has 0 bridgehead atoms. The number of hydrogen-bond donors (Lipinski definition) is 1. The Morgan fingerprint density at radius 1 is 1.62 bits per heavy atom. The highest BCUT2D eigenvalue weighted by atomic mass is 16.4. The molecule has 0 unspecified atom stereocenters. The Hall–Kier alpha value is -1.39. The number of carboxylic acid groups (broad SMARTS) is 1. The minimum Gasteiger partial charge on any atom is -0.475 e.